The van der Waals surface area contributed by atoms with E-state index in [0.717, 1.165) is 25.7 Å². The van der Waals surface area contributed by atoms with Gasteiger partial charge in [0.15, 0.2) is 5.69 Å². The Morgan fingerprint density at radius 3 is 2.83 bits per heavy atom. The zero-order valence-corrected chi connectivity index (χ0v) is 17.3. The number of H-pyrrole nitrogens is 1. The Kier molecular flexibility index (Phi) is 6.10. The minimum Gasteiger partial charge on any atom is -0.390 e. The molecule has 0 aromatic carbocycles. The highest BCUT2D eigenvalue weighted by atomic mass is 16.5. The number of aliphatic hydroxyl groups excluding tert-OH is 1. The molecule has 9 nitrogen and oxygen atoms in total. The van der Waals surface area contributed by atoms with E-state index in [1.54, 1.807) is 29.5 Å². The lowest BCUT2D eigenvalue weighted by atomic mass is 9.92. The maximum Gasteiger partial charge on any atom is 0.272 e. The number of rotatable bonds is 7. The summed E-state index contributed by atoms with van der Waals surface area (Å²) >= 11 is 0. The molecule has 30 heavy (non-hydrogen) atoms. The average molecular weight is 412 g/mol. The third-order valence-electron chi connectivity index (χ3n) is 5.63. The Labute approximate surface area is 174 Å². The molecule has 9 heteroatoms. The third-order valence-corrected chi connectivity index (χ3v) is 5.63. The SMILES string of the molecule is CC(C)[C@@H](O)CO[C@H]1CC[C@H](NC(=O)c2nc(-n3ccnc3)nc3cc[nH]c23)CC1. The van der Waals surface area contributed by atoms with E-state index in [-0.39, 0.29) is 24.0 Å². The zero-order chi connectivity index (χ0) is 21.1. The topological polar surface area (TPSA) is 118 Å². The van der Waals surface area contributed by atoms with E-state index >= 15 is 0 Å². The number of amides is 1. The highest BCUT2D eigenvalue weighted by Gasteiger charge is 2.26. The smallest absolute Gasteiger partial charge is 0.272 e. The predicted octanol–water partition coefficient (Wildman–Crippen LogP) is 2.22. The van der Waals surface area contributed by atoms with Gasteiger partial charge in [-0.15, -0.1) is 0 Å². The molecule has 0 unspecified atom stereocenters. The molecule has 1 fully saturated rings. The van der Waals surface area contributed by atoms with Crippen LogP contribution in [0.5, 0.6) is 0 Å². The Bertz CT molecular complexity index is 976. The molecule has 3 N–H and O–H groups in total. The standard InChI is InChI=1S/C21H28N6O3/c1-13(2)17(28)11-30-15-5-3-14(4-6-15)24-20(29)19-18-16(7-8-23-18)25-21(26-19)27-10-9-22-12-27/h7-10,12-15,17,23,28H,3-6,11H2,1-2H3,(H,24,29)/t14-,15-,17-/m0/s1. The van der Waals surface area contributed by atoms with Crippen molar-refractivity contribution in [3.05, 3.63) is 36.7 Å². The van der Waals surface area contributed by atoms with Gasteiger partial charge >= 0.3 is 0 Å². The van der Waals surface area contributed by atoms with Gasteiger partial charge in [-0.3, -0.25) is 9.36 Å². The van der Waals surface area contributed by atoms with Crippen LogP contribution in [0.4, 0.5) is 0 Å². The largest absolute Gasteiger partial charge is 0.390 e. The van der Waals surface area contributed by atoms with Crippen molar-refractivity contribution in [2.75, 3.05) is 6.61 Å². The van der Waals surface area contributed by atoms with E-state index in [9.17, 15) is 9.90 Å². The number of aromatic nitrogens is 5. The molecule has 0 saturated heterocycles. The van der Waals surface area contributed by atoms with Gasteiger partial charge in [0.2, 0.25) is 5.95 Å². The van der Waals surface area contributed by atoms with Crippen LogP contribution in [-0.2, 0) is 4.74 Å². The number of aromatic amines is 1. The minimum atomic E-state index is -0.437. The number of carbonyl (C=O) groups is 1. The molecule has 1 saturated carbocycles. The first-order chi connectivity index (χ1) is 14.5. The first-order valence-corrected chi connectivity index (χ1v) is 10.4. The number of hydrogen-bond donors (Lipinski definition) is 3. The van der Waals surface area contributed by atoms with Gasteiger partial charge in [0.25, 0.3) is 5.91 Å². The fraction of sp³-hybridized carbons (Fsp3) is 0.524. The molecule has 0 radical (unpaired) electrons. The Hall–Kier alpha value is -2.78. The van der Waals surface area contributed by atoms with Gasteiger partial charge in [0, 0.05) is 24.6 Å². The Morgan fingerprint density at radius 1 is 1.33 bits per heavy atom. The third kappa shape index (κ3) is 4.52. The summed E-state index contributed by atoms with van der Waals surface area (Å²) in [6.07, 6.45) is 9.83. The van der Waals surface area contributed by atoms with E-state index in [1.807, 2.05) is 19.9 Å². The van der Waals surface area contributed by atoms with Gasteiger partial charge in [0.05, 0.1) is 29.8 Å². The normalized spacial score (nSPS) is 20.5. The van der Waals surface area contributed by atoms with Gasteiger partial charge < -0.3 is 20.1 Å². The summed E-state index contributed by atoms with van der Waals surface area (Å²) in [6, 6.07) is 1.89. The van der Waals surface area contributed by atoms with Crippen molar-refractivity contribution in [2.24, 2.45) is 5.92 Å². The monoisotopic (exact) mass is 412 g/mol. The lowest BCUT2D eigenvalue weighted by Crippen LogP contribution is -2.40. The molecule has 0 bridgehead atoms. The molecule has 4 rings (SSSR count). The van der Waals surface area contributed by atoms with E-state index in [2.05, 4.69) is 25.3 Å². The van der Waals surface area contributed by atoms with Crippen LogP contribution >= 0.6 is 0 Å². The maximum atomic E-state index is 13.0. The fourth-order valence-corrected chi connectivity index (χ4v) is 3.64. The number of nitrogens with one attached hydrogen (secondary N) is 2. The summed E-state index contributed by atoms with van der Waals surface area (Å²) in [6.45, 7) is 4.32. The van der Waals surface area contributed by atoms with Crippen molar-refractivity contribution in [1.82, 2.24) is 29.8 Å². The van der Waals surface area contributed by atoms with Crippen molar-refractivity contribution < 1.29 is 14.6 Å². The summed E-state index contributed by atoms with van der Waals surface area (Å²) in [7, 11) is 0. The molecule has 160 valence electrons. The van der Waals surface area contributed by atoms with Crippen molar-refractivity contribution >= 4 is 16.9 Å². The van der Waals surface area contributed by atoms with Crippen molar-refractivity contribution in [2.45, 2.75) is 57.8 Å². The average Bonchev–Trinajstić information content (AvgIpc) is 3.43. The number of hydrogen-bond acceptors (Lipinski definition) is 6. The molecular formula is C21H28N6O3. The number of fused-ring (bicyclic) bond motifs is 1. The van der Waals surface area contributed by atoms with E-state index in [1.165, 1.54) is 0 Å². The fourth-order valence-electron chi connectivity index (χ4n) is 3.64. The van der Waals surface area contributed by atoms with Crippen LogP contribution in [0.3, 0.4) is 0 Å². The van der Waals surface area contributed by atoms with Crippen molar-refractivity contribution in [3.63, 3.8) is 0 Å². The summed E-state index contributed by atoms with van der Waals surface area (Å²) < 4.78 is 7.53. The molecule has 0 aliphatic heterocycles. The van der Waals surface area contributed by atoms with Crippen LogP contribution in [0.1, 0.15) is 50.0 Å². The zero-order valence-electron chi connectivity index (χ0n) is 17.3. The highest BCUT2D eigenvalue weighted by molar-refractivity contribution is 6.03. The number of aliphatic hydroxyl groups is 1. The number of carbonyl (C=O) groups excluding carboxylic acids is 1. The summed E-state index contributed by atoms with van der Waals surface area (Å²) in [5.41, 5.74) is 1.63. The maximum absolute atomic E-state index is 13.0. The molecule has 3 aromatic heterocycles. The lowest BCUT2D eigenvalue weighted by Gasteiger charge is -2.30. The molecule has 3 heterocycles. The molecule has 0 spiro atoms. The van der Waals surface area contributed by atoms with Crippen LogP contribution in [0.25, 0.3) is 17.0 Å². The Morgan fingerprint density at radius 2 is 2.13 bits per heavy atom. The summed E-state index contributed by atoms with van der Waals surface area (Å²) in [5.74, 6) is 0.377. The van der Waals surface area contributed by atoms with E-state index < -0.39 is 6.10 Å². The van der Waals surface area contributed by atoms with Crippen LogP contribution in [0, 0.1) is 5.92 Å². The van der Waals surface area contributed by atoms with Crippen LogP contribution in [-0.4, -0.2) is 60.4 Å². The van der Waals surface area contributed by atoms with E-state index in [4.69, 9.17) is 4.74 Å². The molecule has 1 amide bonds. The van der Waals surface area contributed by atoms with Crippen molar-refractivity contribution in [1.29, 1.82) is 0 Å². The van der Waals surface area contributed by atoms with Gasteiger partial charge in [-0.1, -0.05) is 13.8 Å². The van der Waals surface area contributed by atoms with Gasteiger partial charge in [-0.25, -0.2) is 15.0 Å². The van der Waals surface area contributed by atoms with E-state index in [0.29, 0.717) is 29.3 Å². The van der Waals surface area contributed by atoms with Gasteiger partial charge in [-0.2, -0.15) is 0 Å². The predicted molar refractivity (Wildman–Crippen MR) is 111 cm³/mol. The van der Waals surface area contributed by atoms with Crippen LogP contribution in [0.15, 0.2) is 31.0 Å². The van der Waals surface area contributed by atoms with Crippen LogP contribution < -0.4 is 5.32 Å². The minimum absolute atomic E-state index is 0.0732. The first kappa shape index (κ1) is 20.5. The summed E-state index contributed by atoms with van der Waals surface area (Å²) in [4.78, 5) is 29.1. The van der Waals surface area contributed by atoms with Crippen LogP contribution in [0.2, 0.25) is 0 Å². The van der Waals surface area contributed by atoms with Crippen molar-refractivity contribution in [3.8, 4) is 5.95 Å². The molecule has 3 aromatic rings. The van der Waals surface area contributed by atoms with Gasteiger partial charge in [-0.05, 0) is 37.7 Å². The second-order valence-electron chi connectivity index (χ2n) is 8.17. The number of imidazole rings is 1. The lowest BCUT2D eigenvalue weighted by molar-refractivity contribution is -0.0399. The molecular weight excluding hydrogens is 384 g/mol. The second-order valence-corrected chi connectivity index (χ2v) is 8.17. The highest BCUT2D eigenvalue weighted by Crippen LogP contribution is 2.23. The first-order valence-electron chi connectivity index (χ1n) is 10.4. The number of ether oxygens (including phenoxy) is 1. The quantitative estimate of drug-likeness (QED) is 0.548. The molecule has 1 atom stereocenters. The Balaban J connectivity index is 1.39. The number of nitrogens with zero attached hydrogens (tertiary/aromatic N) is 4. The second kappa shape index (κ2) is 8.93. The van der Waals surface area contributed by atoms with Gasteiger partial charge in [0.1, 0.15) is 6.33 Å². The summed E-state index contributed by atoms with van der Waals surface area (Å²) in [5, 5.41) is 13.0. The molecule has 1 aliphatic rings. The molecule has 1 aliphatic carbocycles.